The highest BCUT2D eigenvalue weighted by Crippen LogP contribution is 2.27. The van der Waals surface area contributed by atoms with Gasteiger partial charge in [-0.25, -0.2) is 9.18 Å². The molecule has 0 unspecified atom stereocenters. The van der Waals surface area contributed by atoms with Crippen LogP contribution in [-0.4, -0.2) is 15.6 Å². The zero-order valence-corrected chi connectivity index (χ0v) is 9.35. The number of aromatic carboxylic acids is 1. The van der Waals surface area contributed by atoms with Gasteiger partial charge in [-0.3, -0.25) is 0 Å². The molecule has 0 aliphatic rings. The molecule has 0 spiro atoms. The van der Waals surface area contributed by atoms with Crippen molar-refractivity contribution in [1.29, 1.82) is 0 Å². The first-order valence-electron chi connectivity index (χ1n) is 5.32. The summed E-state index contributed by atoms with van der Waals surface area (Å²) in [5.41, 5.74) is 0.854. The molecule has 88 valence electrons. The highest BCUT2D eigenvalue weighted by molar-refractivity contribution is 5.94. The molecule has 0 bridgehead atoms. The number of halogens is 1. The Labute approximate surface area is 98.1 Å². The maximum Gasteiger partial charge on any atom is 0.353 e. The smallest absolute Gasteiger partial charge is 0.353 e. The number of carbonyl (C=O) groups is 1. The molecule has 2 aromatic rings. The third-order valence-electron chi connectivity index (χ3n) is 2.67. The van der Waals surface area contributed by atoms with Crippen LogP contribution in [0.15, 0.2) is 36.5 Å². The van der Waals surface area contributed by atoms with E-state index in [4.69, 9.17) is 0 Å². The lowest BCUT2D eigenvalue weighted by molar-refractivity contribution is 0.0686. The van der Waals surface area contributed by atoms with E-state index >= 15 is 0 Å². The summed E-state index contributed by atoms with van der Waals surface area (Å²) in [6.45, 7) is 2.38. The van der Waals surface area contributed by atoms with Crippen molar-refractivity contribution in [2.45, 2.75) is 13.5 Å². The van der Waals surface area contributed by atoms with Crippen LogP contribution in [0.3, 0.4) is 0 Å². The lowest BCUT2D eigenvalue weighted by Crippen LogP contribution is -2.08. The number of hydrogen-bond donors (Lipinski definition) is 1. The summed E-state index contributed by atoms with van der Waals surface area (Å²) in [5, 5.41) is 9.18. The van der Waals surface area contributed by atoms with Gasteiger partial charge >= 0.3 is 5.97 Å². The molecule has 1 aromatic heterocycles. The summed E-state index contributed by atoms with van der Waals surface area (Å²) in [5.74, 6) is -1.46. The molecule has 0 saturated heterocycles. The largest absolute Gasteiger partial charge is 0.477 e. The number of rotatable bonds is 3. The number of benzene rings is 1. The number of nitrogens with zero attached hydrogens (tertiary/aromatic N) is 1. The summed E-state index contributed by atoms with van der Waals surface area (Å²) in [6, 6.07) is 7.80. The number of aromatic nitrogens is 1. The Balaban J connectivity index is 2.64. The Morgan fingerprint density at radius 2 is 2.00 bits per heavy atom. The normalized spacial score (nSPS) is 10.5. The average Bonchev–Trinajstić information content (AvgIpc) is 2.73. The molecule has 0 saturated carbocycles. The summed E-state index contributed by atoms with van der Waals surface area (Å²) < 4.78 is 15.2. The van der Waals surface area contributed by atoms with Crippen molar-refractivity contribution in [3.63, 3.8) is 0 Å². The van der Waals surface area contributed by atoms with Gasteiger partial charge < -0.3 is 9.67 Å². The number of hydrogen-bond acceptors (Lipinski definition) is 1. The second-order valence-corrected chi connectivity index (χ2v) is 3.65. The van der Waals surface area contributed by atoms with Gasteiger partial charge in [-0.15, -0.1) is 0 Å². The fourth-order valence-electron chi connectivity index (χ4n) is 1.87. The minimum atomic E-state index is -1.05. The van der Waals surface area contributed by atoms with Gasteiger partial charge in [0.05, 0.1) is 0 Å². The van der Waals surface area contributed by atoms with Crippen molar-refractivity contribution >= 4 is 5.97 Å². The van der Waals surface area contributed by atoms with Crippen LogP contribution in [-0.2, 0) is 6.54 Å². The van der Waals surface area contributed by atoms with Crippen molar-refractivity contribution in [3.8, 4) is 11.1 Å². The van der Waals surface area contributed by atoms with Crippen molar-refractivity contribution in [3.05, 3.63) is 48.0 Å². The molecular formula is C13H12FNO2. The Kier molecular flexibility index (Phi) is 2.95. The predicted molar refractivity (Wildman–Crippen MR) is 62.5 cm³/mol. The lowest BCUT2D eigenvalue weighted by Gasteiger charge is -2.06. The minimum Gasteiger partial charge on any atom is -0.477 e. The molecule has 0 atom stereocenters. The molecule has 1 N–H and O–H groups in total. The fourth-order valence-corrected chi connectivity index (χ4v) is 1.87. The molecule has 0 aliphatic carbocycles. The van der Waals surface area contributed by atoms with E-state index in [1.807, 2.05) is 6.92 Å². The summed E-state index contributed by atoms with van der Waals surface area (Å²) in [6.07, 6.45) is 1.66. The van der Waals surface area contributed by atoms with Crippen LogP contribution >= 0.6 is 0 Å². The minimum absolute atomic E-state index is 0.123. The van der Waals surface area contributed by atoms with E-state index in [2.05, 4.69) is 0 Å². The molecule has 3 nitrogen and oxygen atoms in total. The third kappa shape index (κ3) is 1.93. The summed E-state index contributed by atoms with van der Waals surface area (Å²) in [4.78, 5) is 11.2. The Hall–Kier alpha value is -2.10. The van der Waals surface area contributed by atoms with Crippen molar-refractivity contribution in [2.24, 2.45) is 0 Å². The van der Waals surface area contributed by atoms with E-state index in [0.29, 0.717) is 17.7 Å². The molecule has 17 heavy (non-hydrogen) atoms. The van der Waals surface area contributed by atoms with E-state index in [1.165, 1.54) is 6.07 Å². The van der Waals surface area contributed by atoms with E-state index in [9.17, 15) is 14.3 Å². The fraction of sp³-hybridized carbons (Fsp3) is 0.154. The van der Waals surface area contributed by atoms with Crippen molar-refractivity contribution in [2.75, 3.05) is 0 Å². The van der Waals surface area contributed by atoms with Gasteiger partial charge in [0.15, 0.2) is 0 Å². The topological polar surface area (TPSA) is 42.2 Å². The summed E-state index contributed by atoms with van der Waals surface area (Å²) >= 11 is 0. The van der Waals surface area contributed by atoms with Crippen LogP contribution in [0.25, 0.3) is 11.1 Å². The molecule has 0 fully saturated rings. The number of carboxylic acids is 1. The van der Waals surface area contributed by atoms with Gasteiger partial charge in [-0.05, 0) is 19.1 Å². The van der Waals surface area contributed by atoms with Gasteiger partial charge in [0.1, 0.15) is 11.5 Å². The first kappa shape index (κ1) is 11.4. The van der Waals surface area contributed by atoms with E-state index < -0.39 is 11.8 Å². The quantitative estimate of drug-likeness (QED) is 0.885. The average molecular weight is 233 g/mol. The Morgan fingerprint density at radius 3 is 2.59 bits per heavy atom. The van der Waals surface area contributed by atoms with Crippen LogP contribution in [0.5, 0.6) is 0 Å². The zero-order chi connectivity index (χ0) is 12.4. The van der Waals surface area contributed by atoms with E-state index in [0.717, 1.165) is 0 Å². The first-order valence-corrected chi connectivity index (χ1v) is 5.32. The van der Waals surface area contributed by atoms with Gasteiger partial charge in [-0.1, -0.05) is 18.2 Å². The van der Waals surface area contributed by atoms with Gasteiger partial charge in [0.25, 0.3) is 0 Å². The molecule has 0 amide bonds. The maximum atomic E-state index is 13.6. The highest BCUT2D eigenvalue weighted by Gasteiger charge is 2.18. The van der Waals surface area contributed by atoms with Crippen molar-refractivity contribution < 1.29 is 14.3 Å². The zero-order valence-electron chi connectivity index (χ0n) is 9.35. The Morgan fingerprint density at radius 1 is 1.29 bits per heavy atom. The van der Waals surface area contributed by atoms with Crippen LogP contribution in [0.1, 0.15) is 17.4 Å². The number of carboxylic acid groups (broad SMARTS) is 1. The van der Waals surface area contributed by atoms with Gasteiger partial charge in [0, 0.05) is 23.9 Å². The molecule has 2 rings (SSSR count). The molecular weight excluding hydrogens is 221 g/mol. The SMILES string of the molecule is CCn1ccc(-c2ccccc2F)c1C(=O)O. The van der Waals surface area contributed by atoms with E-state index in [1.54, 1.807) is 35.0 Å². The molecule has 1 heterocycles. The van der Waals surface area contributed by atoms with Crippen LogP contribution in [0, 0.1) is 5.82 Å². The molecule has 0 radical (unpaired) electrons. The predicted octanol–water partition coefficient (Wildman–Crippen LogP) is 3.01. The monoisotopic (exact) mass is 233 g/mol. The van der Waals surface area contributed by atoms with Crippen LogP contribution in [0.2, 0.25) is 0 Å². The van der Waals surface area contributed by atoms with Gasteiger partial charge in [0.2, 0.25) is 0 Å². The third-order valence-corrected chi connectivity index (χ3v) is 2.67. The molecule has 4 heteroatoms. The van der Waals surface area contributed by atoms with Crippen LogP contribution in [0.4, 0.5) is 4.39 Å². The maximum absolute atomic E-state index is 13.6. The second-order valence-electron chi connectivity index (χ2n) is 3.65. The highest BCUT2D eigenvalue weighted by atomic mass is 19.1. The van der Waals surface area contributed by atoms with Crippen LogP contribution < -0.4 is 0 Å². The van der Waals surface area contributed by atoms with E-state index in [-0.39, 0.29) is 5.69 Å². The van der Waals surface area contributed by atoms with Gasteiger partial charge in [-0.2, -0.15) is 0 Å². The Bertz CT molecular complexity index is 560. The molecule has 1 aromatic carbocycles. The molecule has 0 aliphatic heterocycles. The van der Waals surface area contributed by atoms with Crippen molar-refractivity contribution in [1.82, 2.24) is 4.57 Å². The second kappa shape index (κ2) is 4.41. The summed E-state index contributed by atoms with van der Waals surface area (Å²) in [7, 11) is 0. The number of aryl methyl sites for hydroxylation is 1. The first-order chi connectivity index (χ1) is 8.15. The lowest BCUT2D eigenvalue weighted by atomic mass is 10.1. The standard InChI is InChI=1S/C13H12FNO2/c1-2-15-8-7-10(12(15)13(16)17)9-5-3-4-6-11(9)14/h3-8H,2H2,1H3,(H,16,17).